The number of benzene rings is 1. The second kappa shape index (κ2) is 18.6. The van der Waals surface area contributed by atoms with Crippen molar-refractivity contribution in [2.45, 2.75) is 128 Å². The minimum Gasteiger partial charge on any atom is -0.465 e. The molecule has 0 radical (unpaired) electrons. The molecule has 0 bridgehead atoms. The largest absolute Gasteiger partial charge is 0.465 e. The highest BCUT2D eigenvalue weighted by Crippen LogP contribution is 2.22. The molecule has 31 heavy (non-hydrogen) atoms. The number of carbonyl (C=O) groups is 1. The van der Waals surface area contributed by atoms with E-state index in [2.05, 4.69) is 19.6 Å². The number of unbranched alkanes of at least 4 members (excludes halogenated alkanes) is 15. The van der Waals surface area contributed by atoms with Gasteiger partial charge < -0.3 is 4.74 Å². The second-order valence-electron chi connectivity index (χ2n) is 9.38. The lowest BCUT2D eigenvalue weighted by atomic mass is 10.0. The zero-order chi connectivity index (χ0) is 22.6. The maximum Gasteiger partial charge on any atom is 0.321 e. The van der Waals surface area contributed by atoms with E-state index >= 15 is 0 Å². The van der Waals surface area contributed by atoms with Crippen molar-refractivity contribution < 1.29 is 9.53 Å². The molecule has 0 fully saturated rings. The van der Waals surface area contributed by atoms with Gasteiger partial charge in [-0.05, 0) is 25.3 Å². The Labute approximate surface area is 198 Å². The molecule has 0 amide bonds. The predicted octanol–water partition coefficient (Wildman–Crippen LogP) is 8.72. The van der Waals surface area contributed by atoms with Gasteiger partial charge in [0.15, 0.2) is 0 Å². The third kappa shape index (κ3) is 15.5. The van der Waals surface area contributed by atoms with Crippen LogP contribution in [-0.2, 0) is 16.0 Å². The summed E-state index contributed by atoms with van der Waals surface area (Å²) in [5.74, 6) is -0.208. The molecule has 178 valence electrons. The number of hydrogen-bond acceptors (Lipinski definition) is 3. The van der Waals surface area contributed by atoms with Gasteiger partial charge in [0, 0.05) is 0 Å². The summed E-state index contributed by atoms with van der Waals surface area (Å²) in [6.45, 7) is 4.64. The molecule has 0 aromatic heterocycles. The van der Waals surface area contributed by atoms with Crippen molar-refractivity contribution in [3.05, 3.63) is 35.9 Å². The van der Waals surface area contributed by atoms with E-state index in [1.165, 1.54) is 89.9 Å². The second-order valence-corrected chi connectivity index (χ2v) is 10.4. The first-order chi connectivity index (χ1) is 15.1. The summed E-state index contributed by atoms with van der Waals surface area (Å²) in [5.41, 5.74) is 1.11. The third-order valence-electron chi connectivity index (χ3n) is 6.06. The van der Waals surface area contributed by atoms with Gasteiger partial charge >= 0.3 is 5.97 Å². The number of thiol groups is 1. The molecule has 0 saturated heterocycles. The van der Waals surface area contributed by atoms with Crippen LogP contribution >= 0.6 is 12.6 Å². The van der Waals surface area contributed by atoms with Crippen LogP contribution in [0.15, 0.2) is 30.3 Å². The molecular weight excluding hydrogens is 400 g/mol. The zero-order valence-corrected chi connectivity index (χ0v) is 21.3. The highest BCUT2D eigenvalue weighted by Gasteiger charge is 2.30. The summed E-state index contributed by atoms with van der Waals surface area (Å²) in [7, 11) is 0. The lowest BCUT2D eigenvalue weighted by molar-refractivity contribution is -0.146. The van der Waals surface area contributed by atoms with Crippen LogP contribution in [0.5, 0.6) is 0 Å². The van der Waals surface area contributed by atoms with Crippen LogP contribution in [0.4, 0.5) is 0 Å². The number of ether oxygens (including phenoxy) is 1. The summed E-state index contributed by atoms with van der Waals surface area (Å²) in [6, 6.07) is 10.0. The fourth-order valence-corrected chi connectivity index (χ4v) is 4.28. The summed E-state index contributed by atoms with van der Waals surface area (Å²) in [6.07, 6.45) is 22.2. The Kier molecular flexibility index (Phi) is 16.8. The highest BCUT2D eigenvalue weighted by molar-refractivity contribution is 7.82. The fourth-order valence-electron chi connectivity index (χ4n) is 4.04. The monoisotopic (exact) mass is 448 g/mol. The number of carbonyl (C=O) groups excluding carboxylic acids is 1. The van der Waals surface area contributed by atoms with Gasteiger partial charge in [-0.3, -0.25) is 4.79 Å². The average Bonchev–Trinajstić information content (AvgIpc) is 2.76. The van der Waals surface area contributed by atoms with Gasteiger partial charge in [-0.2, -0.15) is 12.6 Å². The van der Waals surface area contributed by atoms with Crippen molar-refractivity contribution in [2.24, 2.45) is 0 Å². The fraction of sp³-hybridized carbons (Fsp3) is 0.750. The van der Waals surface area contributed by atoms with Crippen LogP contribution in [0.3, 0.4) is 0 Å². The minimum absolute atomic E-state index is 0.208. The zero-order valence-electron chi connectivity index (χ0n) is 20.4. The molecule has 0 heterocycles. The maximum atomic E-state index is 12.3. The topological polar surface area (TPSA) is 26.3 Å². The summed E-state index contributed by atoms with van der Waals surface area (Å²) >= 11 is 4.55. The van der Waals surface area contributed by atoms with Gasteiger partial charge in [0.25, 0.3) is 0 Å². The molecule has 0 saturated carbocycles. The van der Waals surface area contributed by atoms with E-state index in [9.17, 15) is 4.79 Å². The van der Waals surface area contributed by atoms with Crippen molar-refractivity contribution in [1.82, 2.24) is 0 Å². The van der Waals surface area contributed by atoms with Crippen LogP contribution in [-0.4, -0.2) is 17.3 Å². The summed E-state index contributed by atoms with van der Waals surface area (Å²) in [4.78, 5) is 12.3. The van der Waals surface area contributed by atoms with Crippen LogP contribution in [0.2, 0.25) is 0 Å². The number of rotatable bonds is 20. The van der Waals surface area contributed by atoms with Crippen molar-refractivity contribution in [1.29, 1.82) is 0 Å². The van der Waals surface area contributed by atoms with Crippen molar-refractivity contribution >= 4 is 18.6 Å². The molecule has 1 aromatic carbocycles. The van der Waals surface area contributed by atoms with E-state index in [1.54, 1.807) is 0 Å². The SMILES string of the molecule is CCCCCCCCCCCCCCCCCCOC(=O)C(C)(S)Cc1ccccc1. The number of hydrogen-bond donors (Lipinski definition) is 1. The first kappa shape index (κ1) is 28.1. The maximum absolute atomic E-state index is 12.3. The molecule has 0 spiro atoms. The molecule has 0 N–H and O–H groups in total. The molecule has 0 aliphatic carbocycles. The van der Waals surface area contributed by atoms with Gasteiger partial charge in [-0.15, -0.1) is 0 Å². The normalized spacial score (nSPS) is 13.1. The molecule has 0 aliphatic heterocycles. The first-order valence-electron chi connectivity index (χ1n) is 13.0. The van der Waals surface area contributed by atoms with Crippen LogP contribution < -0.4 is 0 Å². The van der Waals surface area contributed by atoms with E-state index in [1.807, 2.05) is 37.3 Å². The lowest BCUT2D eigenvalue weighted by Gasteiger charge is -2.21. The van der Waals surface area contributed by atoms with Gasteiger partial charge in [-0.1, -0.05) is 134 Å². The molecule has 2 nitrogen and oxygen atoms in total. The van der Waals surface area contributed by atoms with Gasteiger partial charge in [0.2, 0.25) is 0 Å². The quantitative estimate of drug-likeness (QED) is 0.123. The lowest BCUT2D eigenvalue weighted by Crippen LogP contribution is -2.33. The Morgan fingerprint density at radius 2 is 1.16 bits per heavy atom. The van der Waals surface area contributed by atoms with Crippen molar-refractivity contribution in [3.63, 3.8) is 0 Å². The van der Waals surface area contributed by atoms with E-state index in [4.69, 9.17) is 4.74 Å². The Bertz CT molecular complexity index is 541. The van der Waals surface area contributed by atoms with Crippen molar-refractivity contribution in [3.8, 4) is 0 Å². The van der Waals surface area contributed by atoms with Gasteiger partial charge in [-0.25, -0.2) is 0 Å². The molecule has 1 rings (SSSR count). The van der Waals surface area contributed by atoms with Gasteiger partial charge in [0.05, 0.1) is 6.61 Å². The third-order valence-corrected chi connectivity index (χ3v) is 6.40. The summed E-state index contributed by atoms with van der Waals surface area (Å²) < 4.78 is 4.72. The average molecular weight is 449 g/mol. The molecule has 0 aliphatic rings. The Balaban J connectivity index is 1.87. The molecule has 1 unspecified atom stereocenters. The molecule has 3 heteroatoms. The van der Waals surface area contributed by atoms with Crippen LogP contribution in [0.25, 0.3) is 0 Å². The van der Waals surface area contributed by atoms with Crippen molar-refractivity contribution in [2.75, 3.05) is 6.61 Å². The molecule has 1 atom stereocenters. The standard InChI is InChI=1S/C28H48O2S/c1-3-4-5-6-7-8-9-10-11-12-13-14-15-16-17-21-24-30-27(29)28(2,31)25-26-22-19-18-20-23-26/h18-20,22-23,31H,3-17,21,24-25H2,1-2H3. The van der Waals surface area contributed by atoms with Crippen LogP contribution in [0, 0.1) is 0 Å². The minimum atomic E-state index is -0.767. The van der Waals surface area contributed by atoms with E-state index < -0.39 is 4.75 Å². The van der Waals surface area contributed by atoms with E-state index in [-0.39, 0.29) is 5.97 Å². The molecule has 1 aromatic rings. The summed E-state index contributed by atoms with van der Waals surface area (Å²) in [5, 5.41) is 0. The van der Waals surface area contributed by atoms with E-state index in [0.29, 0.717) is 13.0 Å². The molecular formula is C28H48O2S. The Morgan fingerprint density at radius 1 is 0.742 bits per heavy atom. The number of esters is 1. The first-order valence-corrected chi connectivity index (χ1v) is 13.4. The van der Waals surface area contributed by atoms with E-state index in [0.717, 1.165) is 18.4 Å². The smallest absolute Gasteiger partial charge is 0.321 e. The van der Waals surface area contributed by atoms with Crippen LogP contribution in [0.1, 0.15) is 122 Å². The van der Waals surface area contributed by atoms with Gasteiger partial charge in [0.1, 0.15) is 4.75 Å². The predicted molar refractivity (Wildman–Crippen MR) is 138 cm³/mol. The highest BCUT2D eigenvalue weighted by atomic mass is 32.1. The Hall–Kier alpha value is -0.960. The Morgan fingerprint density at radius 3 is 1.61 bits per heavy atom.